The van der Waals surface area contributed by atoms with Gasteiger partial charge in [-0.05, 0) is 12.8 Å². The van der Waals surface area contributed by atoms with Crippen molar-refractivity contribution < 1.29 is 22.4 Å². The lowest BCUT2D eigenvalue weighted by atomic mass is 9.87. The lowest BCUT2D eigenvalue weighted by Crippen LogP contribution is -2.55. The second kappa shape index (κ2) is 7.84. The fraction of sp³-hybridized carbons (Fsp3) is 0.389. The molecular weight excluding hydrogens is 406 g/mol. The van der Waals surface area contributed by atoms with E-state index in [-0.39, 0.29) is 11.6 Å². The number of hydrogen-bond acceptors (Lipinski definition) is 6. The summed E-state index contributed by atoms with van der Waals surface area (Å²) in [7, 11) is 0. The van der Waals surface area contributed by atoms with Crippen molar-refractivity contribution in [1.82, 2.24) is 30.2 Å². The van der Waals surface area contributed by atoms with Gasteiger partial charge in [0.15, 0.2) is 17.5 Å². The summed E-state index contributed by atoms with van der Waals surface area (Å²) in [4.78, 5) is 31.5. The van der Waals surface area contributed by atoms with Crippen molar-refractivity contribution in [2.75, 3.05) is 11.9 Å². The molecule has 3 aromatic rings. The van der Waals surface area contributed by atoms with Crippen LogP contribution in [0.5, 0.6) is 0 Å². The second-order valence-corrected chi connectivity index (χ2v) is 7.16. The number of hydrogen-bond donors (Lipinski definition) is 3. The van der Waals surface area contributed by atoms with Gasteiger partial charge in [-0.2, -0.15) is 13.2 Å². The highest BCUT2D eigenvalue weighted by atomic mass is 19.4. The molecule has 0 fully saturated rings. The summed E-state index contributed by atoms with van der Waals surface area (Å²) in [6, 6.07) is 0. The fourth-order valence-electron chi connectivity index (χ4n) is 2.70. The van der Waals surface area contributed by atoms with Crippen LogP contribution in [0.25, 0.3) is 22.4 Å². The van der Waals surface area contributed by atoms with E-state index in [4.69, 9.17) is 0 Å². The van der Waals surface area contributed by atoms with Crippen LogP contribution in [0.2, 0.25) is 0 Å². The van der Waals surface area contributed by atoms with E-state index in [2.05, 4.69) is 30.2 Å². The van der Waals surface area contributed by atoms with Crippen LogP contribution in [-0.4, -0.2) is 49.1 Å². The Bertz CT molecular complexity index is 1070. The third-order valence-corrected chi connectivity index (χ3v) is 4.79. The highest BCUT2D eigenvalue weighted by molar-refractivity contribution is 5.91. The van der Waals surface area contributed by atoms with E-state index in [0.29, 0.717) is 16.6 Å². The van der Waals surface area contributed by atoms with Crippen molar-refractivity contribution in [2.45, 2.75) is 32.5 Å². The molecule has 0 radical (unpaired) electrons. The maximum absolute atomic E-state index is 14.4. The van der Waals surface area contributed by atoms with Crippen LogP contribution >= 0.6 is 0 Å². The molecule has 0 aromatic carbocycles. The Kier molecular flexibility index (Phi) is 5.59. The zero-order chi connectivity index (χ0) is 22.1. The summed E-state index contributed by atoms with van der Waals surface area (Å²) in [5, 5.41) is 5.10. The molecule has 0 bridgehead atoms. The number of halogens is 4. The quantitative estimate of drug-likeness (QED) is 0.524. The largest absolute Gasteiger partial charge is 0.405 e. The lowest BCUT2D eigenvalue weighted by Gasteiger charge is -2.34. The van der Waals surface area contributed by atoms with Gasteiger partial charge < -0.3 is 15.6 Å². The molecule has 1 amide bonds. The molecular formula is C18H19F4N7O. The minimum atomic E-state index is -4.57. The smallest absolute Gasteiger partial charge is 0.353 e. The molecule has 0 saturated heterocycles. The minimum absolute atomic E-state index is 0.127. The van der Waals surface area contributed by atoms with Crippen LogP contribution in [0.15, 0.2) is 24.9 Å². The van der Waals surface area contributed by atoms with Gasteiger partial charge in [0, 0.05) is 23.3 Å². The number of nitrogens with one attached hydrogen (secondary N) is 3. The molecule has 8 nitrogen and oxygen atoms in total. The topological polar surface area (TPSA) is 108 Å². The number of aromatic amines is 1. The van der Waals surface area contributed by atoms with Crippen LogP contribution < -0.4 is 10.6 Å². The van der Waals surface area contributed by atoms with Crippen molar-refractivity contribution in [3.05, 3.63) is 30.7 Å². The Hall–Kier alpha value is -3.31. The highest BCUT2D eigenvalue weighted by Crippen LogP contribution is 2.28. The van der Waals surface area contributed by atoms with Gasteiger partial charge in [0.1, 0.15) is 24.1 Å². The molecule has 1 atom stereocenters. The second-order valence-electron chi connectivity index (χ2n) is 7.16. The summed E-state index contributed by atoms with van der Waals surface area (Å²) in [6.07, 6.45) is 0.819. The summed E-state index contributed by atoms with van der Waals surface area (Å²) in [5.74, 6) is -2.48. The first-order chi connectivity index (χ1) is 14.0. The van der Waals surface area contributed by atoms with E-state index in [9.17, 15) is 22.4 Å². The third-order valence-electron chi connectivity index (χ3n) is 4.79. The Balaban J connectivity index is 1.94. The molecule has 3 aromatic heterocycles. The predicted octanol–water partition coefficient (Wildman–Crippen LogP) is 3.06. The Labute approximate surface area is 168 Å². The fourth-order valence-corrected chi connectivity index (χ4v) is 2.70. The standard InChI is InChI=1S/C18H19F4N7O/c1-9(2)17(3,16(30)26-7-18(20,21)22)29-15-12(19)6-25-14(28-15)11-5-24-13-10(11)4-23-8-27-13/h4-6,8-9H,7H2,1-3H3,(H,26,30)(H,23,24,27)(H,25,28,29)/t17-/m1/s1. The monoisotopic (exact) mass is 425 g/mol. The van der Waals surface area contributed by atoms with E-state index >= 15 is 0 Å². The maximum atomic E-state index is 14.4. The van der Waals surface area contributed by atoms with Gasteiger partial charge in [0.05, 0.1) is 6.20 Å². The SMILES string of the molecule is CC(C)[C@@](C)(Nc1nc(-c2c[nH]c3ncncc23)ncc1F)C(=O)NCC(F)(F)F. The molecule has 0 saturated carbocycles. The molecule has 0 unspecified atom stereocenters. The average Bonchev–Trinajstić information content (AvgIpc) is 3.11. The first-order valence-corrected chi connectivity index (χ1v) is 8.94. The number of alkyl halides is 3. The number of carbonyl (C=O) groups is 1. The van der Waals surface area contributed by atoms with E-state index in [1.165, 1.54) is 19.4 Å². The number of carbonyl (C=O) groups excluding carboxylic acids is 1. The molecule has 3 rings (SSSR count). The molecule has 160 valence electrons. The van der Waals surface area contributed by atoms with Gasteiger partial charge in [0.2, 0.25) is 5.91 Å². The van der Waals surface area contributed by atoms with Crippen LogP contribution in [0.1, 0.15) is 20.8 Å². The number of nitrogens with zero attached hydrogens (tertiary/aromatic N) is 4. The number of rotatable bonds is 6. The molecule has 0 aliphatic carbocycles. The van der Waals surface area contributed by atoms with Gasteiger partial charge in [-0.3, -0.25) is 4.79 Å². The van der Waals surface area contributed by atoms with Crippen LogP contribution in [0.4, 0.5) is 23.4 Å². The Morgan fingerprint density at radius 3 is 2.63 bits per heavy atom. The Morgan fingerprint density at radius 2 is 1.97 bits per heavy atom. The summed E-state index contributed by atoms with van der Waals surface area (Å²) in [5.41, 5.74) is -0.538. The van der Waals surface area contributed by atoms with Gasteiger partial charge in [-0.25, -0.2) is 24.3 Å². The molecule has 0 spiro atoms. The van der Waals surface area contributed by atoms with Crippen LogP contribution in [0.3, 0.4) is 0 Å². The highest BCUT2D eigenvalue weighted by Gasteiger charge is 2.39. The predicted molar refractivity (Wildman–Crippen MR) is 101 cm³/mol. The maximum Gasteiger partial charge on any atom is 0.405 e. The van der Waals surface area contributed by atoms with Crippen LogP contribution in [-0.2, 0) is 4.79 Å². The van der Waals surface area contributed by atoms with E-state index in [0.717, 1.165) is 6.20 Å². The first-order valence-electron chi connectivity index (χ1n) is 8.94. The van der Waals surface area contributed by atoms with Crippen molar-refractivity contribution in [3.63, 3.8) is 0 Å². The zero-order valence-electron chi connectivity index (χ0n) is 16.3. The number of H-pyrrole nitrogens is 1. The van der Waals surface area contributed by atoms with Crippen molar-refractivity contribution in [1.29, 1.82) is 0 Å². The molecule has 30 heavy (non-hydrogen) atoms. The van der Waals surface area contributed by atoms with E-state index in [1.807, 2.05) is 5.32 Å². The number of fused-ring (bicyclic) bond motifs is 1. The Morgan fingerprint density at radius 1 is 1.23 bits per heavy atom. The van der Waals surface area contributed by atoms with Gasteiger partial charge >= 0.3 is 6.18 Å². The number of aromatic nitrogens is 5. The minimum Gasteiger partial charge on any atom is -0.353 e. The number of amides is 1. The summed E-state index contributed by atoms with van der Waals surface area (Å²) < 4.78 is 51.9. The number of anilines is 1. The van der Waals surface area contributed by atoms with Crippen molar-refractivity contribution in [3.8, 4) is 11.4 Å². The molecule has 0 aliphatic rings. The van der Waals surface area contributed by atoms with Crippen molar-refractivity contribution in [2.24, 2.45) is 5.92 Å². The zero-order valence-corrected chi connectivity index (χ0v) is 16.3. The average molecular weight is 425 g/mol. The summed E-state index contributed by atoms with van der Waals surface area (Å²) >= 11 is 0. The molecule has 12 heteroatoms. The lowest BCUT2D eigenvalue weighted by molar-refractivity contribution is -0.141. The third kappa shape index (κ3) is 4.31. The van der Waals surface area contributed by atoms with Gasteiger partial charge in [-0.1, -0.05) is 13.8 Å². The van der Waals surface area contributed by atoms with Gasteiger partial charge in [0.25, 0.3) is 0 Å². The van der Waals surface area contributed by atoms with Crippen LogP contribution in [0, 0.1) is 11.7 Å². The van der Waals surface area contributed by atoms with Crippen molar-refractivity contribution >= 4 is 22.8 Å². The molecule has 3 heterocycles. The molecule has 3 N–H and O–H groups in total. The molecule has 0 aliphatic heterocycles. The van der Waals surface area contributed by atoms with E-state index in [1.54, 1.807) is 20.0 Å². The van der Waals surface area contributed by atoms with E-state index < -0.39 is 35.9 Å². The van der Waals surface area contributed by atoms with Gasteiger partial charge in [-0.15, -0.1) is 0 Å². The summed E-state index contributed by atoms with van der Waals surface area (Å²) in [6.45, 7) is 3.13. The normalized spacial score (nSPS) is 14.0. The first kappa shape index (κ1) is 21.4.